The van der Waals surface area contributed by atoms with Gasteiger partial charge in [-0.25, -0.2) is 4.39 Å². The topological polar surface area (TPSA) is 42.3 Å². The average molecular weight is 336 g/mol. The van der Waals surface area contributed by atoms with Crippen LogP contribution >= 0.6 is 0 Å². The summed E-state index contributed by atoms with van der Waals surface area (Å²) in [5.74, 6) is -0.767. The third kappa shape index (κ3) is 2.35. The Morgan fingerprint density at radius 1 is 1.20 bits per heavy atom. The van der Waals surface area contributed by atoms with Gasteiger partial charge in [0.15, 0.2) is 0 Å². The zero-order valence-electron chi connectivity index (χ0n) is 14.0. The molecule has 4 rings (SSSR count). The molecule has 2 heterocycles. The summed E-state index contributed by atoms with van der Waals surface area (Å²) in [5, 5.41) is 0.570. The number of carbonyl (C=O) groups is 1. The summed E-state index contributed by atoms with van der Waals surface area (Å²) in [7, 11) is 1.59. The number of nitrogens with zero attached hydrogens (tertiary/aromatic N) is 2. The molecule has 1 atom stereocenters. The van der Waals surface area contributed by atoms with Crippen LogP contribution in [-0.4, -0.2) is 17.5 Å². The quantitative estimate of drug-likeness (QED) is 0.718. The molecule has 1 unspecified atom stereocenters. The van der Waals surface area contributed by atoms with E-state index in [-0.39, 0.29) is 22.9 Å². The van der Waals surface area contributed by atoms with Crippen LogP contribution in [0, 0.1) is 5.82 Å². The summed E-state index contributed by atoms with van der Waals surface area (Å²) in [6, 6.07) is 11.5. The molecular formula is C20H17FN2O2. The zero-order valence-corrected chi connectivity index (χ0v) is 14.0. The summed E-state index contributed by atoms with van der Waals surface area (Å²) in [6.45, 7) is 2.07. The Bertz CT molecular complexity index is 1050. The molecule has 4 nitrogen and oxygen atoms in total. The van der Waals surface area contributed by atoms with Gasteiger partial charge < -0.3 is 9.47 Å². The van der Waals surface area contributed by atoms with Gasteiger partial charge in [0, 0.05) is 30.4 Å². The van der Waals surface area contributed by atoms with E-state index in [2.05, 4.69) is 6.92 Å². The Balaban J connectivity index is 1.85. The first kappa shape index (κ1) is 15.6. The number of para-hydroxylation sites is 1. The maximum Gasteiger partial charge on any atom is 0.263 e. The number of rotatable bonds is 2. The summed E-state index contributed by atoms with van der Waals surface area (Å²) in [6.07, 6.45) is 2.51. The van der Waals surface area contributed by atoms with Crippen molar-refractivity contribution in [3.05, 3.63) is 75.8 Å². The van der Waals surface area contributed by atoms with Crippen molar-refractivity contribution in [2.24, 2.45) is 0 Å². The number of hydrogen-bond donors (Lipinski definition) is 0. The second-order valence-corrected chi connectivity index (χ2v) is 6.49. The van der Waals surface area contributed by atoms with Crippen molar-refractivity contribution < 1.29 is 9.18 Å². The molecule has 0 N–H and O–H groups in total. The first-order chi connectivity index (χ1) is 12.0. The molecule has 1 aliphatic rings. The van der Waals surface area contributed by atoms with E-state index in [1.165, 1.54) is 29.2 Å². The van der Waals surface area contributed by atoms with E-state index in [1.807, 2.05) is 16.7 Å². The van der Waals surface area contributed by atoms with Crippen molar-refractivity contribution >= 4 is 22.5 Å². The molecule has 126 valence electrons. The van der Waals surface area contributed by atoms with Gasteiger partial charge in [0.25, 0.3) is 5.91 Å². The predicted molar refractivity (Wildman–Crippen MR) is 95.8 cm³/mol. The molecule has 25 heavy (non-hydrogen) atoms. The van der Waals surface area contributed by atoms with Gasteiger partial charge in [-0.2, -0.15) is 0 Å². The summed E-state index contributed by atoms with van der Waals surface area (Å²) in [5.41, 5.74) is 2.45. The monoisotopic (exact) mass is 336 g/mol. The summed E-state index contributed by atoms with van der Waals surface area (Å²) in [4.78, 5) is 27.2. The minimum absolute atomic E-state index is 0.130. The highest BCUT2D eigenvalue weighted by Crippen LogP contribution is 2.31. The van der Waals surface area contributed by atoms with E-state index in [0.717, 1.165) is 17.5 Å². The Hall–Kier alpha value is -2.95. The van der Waals surface area contributed by atoms with Crippen LogP contribution in [0.15, 0.2) is 53.5 Å². The Morgan fingerprint density at radius 2 is 1.92 bits per heavy atom. The molecule has 0 radical (unpaired) electrons. The van der Waals surface area contributed by atoms with Crippen molar-refractivity contribution in [3.8, 4) is 0 Å². The van der Waals surface area contributed by atoms with E-state index < -0.39 is 5.91 Å². The number of anilines is 1. The molecule has 0 saturated carbocycles. The van der Waals surface area contributed by atoms with Crippen LogP contribution in [0.4, 0.5) is 10.1 Å². The number of hydrogen-bond acceptors (Lipinski definition) is 2. The lowest BCUT2D eigenvalue weighted by molar-refractivity contribution is 0.0991. The highest BCUT2D eigenvalue weighted by Gasteiger charge is 2.25. The van der Waals surface area contributed by atoms with Gasteiger partial charge >= 0.3 is 0 Å². The van der Waals surface area contributed by atoms with Gasteiger partial charge in [0.2, 0.25) is 5.43 Å². The van der Waals surface area contributed by atoms with Gasteiger partial charge in [-0.3, -0.25) is 9.59 Å². The number of halogens is 1. The van der Waals surface area contributed by atoms with E-state index in [9.17, 15) is 14.0 Å². The molecule has 0 bridgehead atoms. The van der Waals surface area contributed by atoms with Crippen molar-refractivity contribution in [1.82, 2.24) is 4.57 Å². The Labute approximate surface area is 144 Å². The van der Waals surface area contributed by atoms with Crippen LogP contribution < -0.4 is 10.3 Å². The zero-order chi connectivity index (χ0) is 17.7. The largest absolute Gasteiger partial charge is 0.343 e. The van der Waals surface area contributed by atoms with Crippen LogP contribution in [-0.2, 0) is 6.42 Å². The highest BCUT2D eigenvalue weighted by molar-refractivity contribution is 6.07. The number of amides is 1. The van der Waals surface area contributed by atoms with Gasteiger partial charge in [0.1, 0.15) is 11.4 Å². The van der Waals surface area contributed by atoms with Crippen LogP contribution in [0.3, 0.4) is 0 Å². The van der Waals surface area contributed by atoms with Crippen molar-refractivity contribution in [1.29, 1.82) is 0 Å². The second kappa shape index (κ2) is 5.55. The fourth-order valence-electron chi connectivity index (χ4n) is 3.53. The molecule has 1 aromatic heterocycles. The Morgan fingerprint density at radius 3 is 2.64 bits per heavy atom. The van der Waals surface area contributed by atoms with Crippen molar-refractivity contribution in [2.45, 2.75) is 19.4 Å². The normalized spacial score (nSPS) is 15.6. The smallest absolute Gasteiger partial charge is 0.263 e. The van der Waals surface area contributed by atoms with E-state index in [0.29, 0.717) is 11.1 Å². The number of benzene rings is 2. The number of aromatic nitrogens is 1. The first-order valence-corrected chi connectivity index (χ1v) is 8.17. The third-order valence-electron chi connectivity index (χ3n) is 4.87. The van der Waals surface area contributed by atoms with E-state index in [4.69, 9.17) is 0 Å². The van der Waals surface area contributed by atoms with Crippen LogP contribution in [0.25, 0.3) is 10.9 Å². The fraction of sp³-hybridized carbons (Fsp3) is 0.200. The van der Waals surface area contributed by atoms with Crippen molar-refractivity contribution in [2.75, 3.05) is 11.9 Å². The molecule has 0 spiro atoms. The molecule has 0 aliphatic carbocycles. The van der Waals surface area contributed by atoms with Gasteiger partial charge in [0.05, 0.1) is 5.52 Å². The number of carbonyl (C=O) groups excluding carboxylic acids is 1. The summed E-state index contributed by atoms with van der Waals surface area (Å²) >= 11 is 0. The first-order valence-electron chi connectivity index (χ1n) is 8.17. The SMILES string of the molecule is CC1Cc2cccc3c(=O)c(C(=O)N(C)c4ccc(F)cc4)cn1c23. The maximum absolute atomic E-state index is 13.1. The minimum Gasteiger partial charge on any atom is -0.343 e. The third-order valence-corrected chi connectivity index (χ3v) is 4.87. The van der Waals surface area contributed by atoms with Gasteiger partial charge in [-0.05, 0) is 49.2 Å². The minimum atomic E-state index is -0.397. The lowest BCUT2D eigenvalue weighted by Crippen LogP contribution is -2.31. The van der Waals surface area contributed by atoms with E-state index >= 15 is 0 Å². The van der Waals surface area contributed by atoms with Crippen molar-refractivity contribution in [3.63, 3.8) is 0 Å². The molecule has 2 aromatic carbocycles. The number of pyridine rings is 1. The summed E-state index contributed by atoms with van der Waals surface area (Å²) < 4.78 is 15.1. The molecule has 0 saturated heterocycles. The van der Waals surface area contributed by atoms with Crippen LogP contribution in [0.5, 0.6) is 0 Å². The van der Waals surface area contributed by atoms with Gasteiger partial charge in [-0.1, -0.05) is 12.1 Å². The molecule has 1 amide bonds. The van der Waals surface area contributed by atoms with Crippen LogP contribution in [0.2, 0.25) is 0 Å². The predicted octanol–water partition coefficient (Wildman–Crippen LogP) is 3.53. The maximum atomic E-state index is 13.1. The molecular weight excluding hydrogens is 319 g/mol. The van der Waals surface area contributed by atoms with Gasteiger partial charge in [-0.15, -0.1) is 0 Å². The molecule has 5 heteroatoms. The highest BCUT2D eigenvalue weighted by atomic mass is 19.1. The molecule has 3 aromatic rings. The average Bonchev–Trinajstić information content (AvgIpc) is 2.94. The lowest BCUT2D eigenvalue weighted by Gasteiger charge is -2.19. The molecule has 0 fully saturated rings. The van der Waals surface area contributed by atoms with E-state index in [1.54, 1.807) is 19.3 Å². The molecule has 1 aliphatic heterocycles. The lowest BCUT2D eigenvalue weighted by atomic mass is 10.1. The van der Waals surface area contributed by atoms with Crippen LogP contribution in [0.1, 0.15) is 28.9 Å². The standard InChI is InChI=1S/C20H17FN2O2/c1-12-10-13-4-3-5-16-18(13)23(12)11-17(19(16)24)20(25)22(2)15-8-6-14(21)7-9-15/h3-9,11-12H,10H2,1-2H3. The fourth-order valence-corrected chi connectivity index (χ4v) is 3.53. The Kier molecular flexibility index (Phi) is 3.46. The second-order valence-electron chi connectivity index (χ2n) is 6.49.